The van der Waals surface area contributed by atoms with Gasteiger partial charge in [-0.25, -0.2) is 4.39 Å². The summed E-state index contributed by atoms with van der Waals surface area (Å²) in [6.45, 7) is 5.20. The Labute approximate surface area is 214 Å². The number of aromatic nitrogens is 2. The Balaban J connectivity index is 1.49. The predicted octanol–water partition coefficient (Wildman–Crippen LogP) is 4.78. The van der Waals surface area contributed by atoms with Crippen LogP contribution in [0.2, 0.25) is 0 Å². The molecule has 3 heterocycles. The Bertz CT molecular complexity index is 1470. The number of anilines is 1. The van der Waals surface area contributed by atoms with E-state index in [1.54, 1.807) is 32.0 Å². The number of nitrogens with zero attached hydrogens (tertiary/aromatic N) is 3. The quantitative estimate of drug-likeness (QED) is 0.350. The number of hydrogen-bond acceptors (Lipinski definition) is 7. The van der Waals surface area contributed by atoms with Crippen molar-refractivity contribution < 1.29 is 19.3 Å². The topological polar surface area (TPSA) is 90.7 Å². The molecular formula is C29H31FN4O3. The van der Waals surface area contributed by atoms with E-state index in [0.29, 0.717) is 40.8 Å². The highest BCUT2D eigenvalue weighted by atomic mass is 19.1. The molecule has 37 heavy (non-hydrogen) atoms. The lowest BCUT2D eigenvalue weighted by atomic mass is 9.96. The summed E-state index contributed by atoms with van der Waals surface area (Å²) in [7, 11) is 0. The van der Waals surface area contributed by atoms with Gasteiger partial charge in [-0.3, -0.25) is 0 Å². The first-order chi connectivity index (χ1) is 17.7. The molecule has 3 N–H and O–H groups in total. The summed E-state index contributed by atoms with van der Waals surface area (Å²) >= 11 is 0. The molecule has 8 heteroatoms. The van der Waals surface area contributed by atoms with Gasteiger partial charge in [0.15, 0.2) is 5.82 Å². The Morgan fingerprint density at radius 3 is 2.54 bits per heavy atom. The van der Waals surface area contributed by atoms with Crippen molar-refractivity contribution in [2.75, 3.05) is 24.6 Å². The minimum Gasteiger partial charge on any atom is -0.508 e. The second kappa shape index (κ2) is 9.11. The summed E-state index contributed by atoms with van der Waals surface area (Å²) in [6, 6.07) is 15.3. The molecule has 1 aromatic heterocycles. The van der Waals surface area contributed by atoms with Crippen LogP contribution in [0.25, 0.3) is 32.8 Å². The number of aromatic hydroxyl groups is 1. The molecule has 2 aliphatic heterocycles. The Morgan fingerprint density at radius 1 is 1.03 bits per heavy atom. The SMILES string of the molecule is CC(C)(O)CCOc1nc(N2CC3CCC(C2)N3)c2ccc(-c3cc(O)cc4ccccc34)c(F)c2n1. The van der Waals surface area contributed by atoms with E-state index in [2.05, 4.69) is 15.2 Å². The third-order valence-corrected chi connectivity index (χ3v) is 7.36. The molecule has 192 valence electrons. The average Bonchev–Trinajstić information content (AvgIpc) is 3.20. The van der Waals surface area contributed by atoms with Crippen molar-refractivity contribution in [1.82, 2.24) is 15.3 Å². The standard InChI is InChI=1S/C29H31FN4O3/c1-29(2,36)11-12-37-28-32-26-23(27(33-28)34-15-18-7-8-19(16-34)31-18)10-9-22(25(26)30)24-14-20(35)13-17-5-3-4-6-21(17)24/h3-6,9-10,13-14,18-19,31,35-36H,7-8,11-12,15-16H2,1-2H3. The molecule has 0 amide bonds. The van der Waals surface area contributed by atoms with E-state index in [0.717, 1.165) is 36.7 Å². The molecule has 0 spiro atoms. The smallest absolute Gasteiger partial charge is 0.319 e. The number of fused-ring (bicyclic) bond motifs is 4. The third kappa shape index (κ3) is 4.67. The van der Waals surface area contributed by atoms with E-state index in [-0.39, 0.29) is 23.9 Å². The first-order valence-electron chi connectivity index (χ1n) is 12.8. The second-order valence-electron chi connectivity index (χ2n) is 10.8. The van der Waals surface area contributed by atoms with Crippen LogP contribution in [0.1, 0.15) is 33.1 Å². The van der Waals surface area contributed by atoms with Crippen LogP contribution in [0.5, 0.6) is 11.8 Å². The van der Waals surface area contributed by atoms with E-state index in [9.17, 15) is 10.2 Å². The molecular weight excluding hydrogens is 471 g/mol. The maximum absolute atomic E-state index is 16.3. The highest BCUT2D eigenvalue weighted by Crippen LogP contribution is 2.39. The van der Waals surface area contributed by atoms with Crippen LogP contribution in [0.15, 0.2) is 48.5 Å². The fraction of sp³-hybridized carbons (Fsp3) is 0.379. The number of phenols is 1. The van der Waals surface area contributed by atoms with Gasteiger partial charge in [0.1, 0.15) is 17.1 Å². The highest BCUT2D eigenvalue weighted by Gasteiger charge is 2.34. The molecule has 2 aliphatic rings. The molecule has 0 radical (unpaired) electrons. The number of halogens is 1. The number of aliphatic hydroxyl groups is 1. The van der Waals surface area contributed by atoms with Crippen LogP contribution in [-0.4, -0.2) is 57.6 Å². The van der Waals surface area contributed by atoms with Gasteiger partial charge in [0, 0.05) is 42.5 Å². The van der Waals surface area contributed by atoms with Crippen molar-refractivity contribution in [3.8, 4) is 22.9 Å². The second-order valence-corrected chi connectivity index (χ2v) is 10.8. The molecule has 4 aromatic rings. The van der Waals surface area contributed by atoms with Gasteiger partial charge in [0.25, 0.3) is 0 Å². The Morgan fingerprint density at radius 2 is 1.78 bits per heavy atom. The van der Waals surface area contributed by atoms with Crippen molar-refractivity contribution in [2.45, 2.75) is 50.8 Å². The number of rotatable bonds is 6. The summed E-state index contributed by atoms with van der Waals surface area (Å²) in [6.07, 6.45) is 2.61. The number of benzene rings is 3. The minimum atomic E-state index is -0.897. The van der Waals surface area contributed by atoms with Crippen molar-refractivity contribution in [3.63, 3.8) is 0 Å². The number of nitrogens with one attached hydrogen (secondary N) is 1. The van der Waals surface area contributed by atoms with Crippen molar-refractivity contribution >= 4 is 27.5 Å². The third-order valence-electron chi connectivity index (χ3n) is 7.36. The Kier molecular flexibility index (Phi) is 5.88. The molecule has 0 saturated carbocycles. The zero-order chi connectivity index (χ0) is 25.7. The van der Waals surface area contributed by atoms with Crippen LogP contribution in [-0.2, 0) is 0 Å². The highest BCUT2D eigenvalue weighted by molar-refractivity contribution is 6.01. The lowest BCUT2D eigenvalue weighted by Gasteiger charge is -2.34. The van der Waals surface area contributed by atoms with Gasteiger partial charge in [0.2, 0.25) is 0 Å². The lowest BCUT2D eigenvalue weighted by Crippen LogP contribution is -2.51. The zero-order valence-corrected chi connectivity index (χ0v) is 21.0. The van der Waals surface area contributed by atoms with Crippen LogP contribution in [0.4, 0.5) is 10.2 Å². The Hall–Kier alpha value is -3.49. The van der Waals surface area contributed by atoms with Gasteiger partial charge in [-0.15, -0.1) is 0 Å². The van der Waals surface area contributed by atoms with Gasteiger partial charge in [-0.2, -0.15) is 9.97 Å². The molecule has 2 unspecified atom stereocenters. The zero-order valence-electron chi connectivity index (χ0n) is 21.0. The van der Waals surface area contributed by atoms with Crippen molar-refractivity contribution in [2.24, 2.45) is 0 Å². The van der Waals surface area contributed by atoms with Gasteiger partial charge in [0.05, 0.1) is 12.2 Å². The lowest BCUT2D eigenvalue weighted by molar-refractivity contribution is 0.0540. The maximum atomic E-state index is 16.3. The summed E-state index contributed by atoms with van der Waals surface area (Å²) in [4.78, 5) is 11.4. The molecule has 3 aromatic carbocycles. The van der Waals surface area contributed by atoms with Crippen LogP contribution in [0, 0.1) is 5.82 Å². The number of ether oxygens (including phenoxy) is 1. The van der Waals surface area contributed by atoms with E-state index >= 15 is 4.39 Å². The molecule has 2 fully saturated rings. The van der Waals surface area contributed by atoms with Crippen LogP contribution >= 0.6 is 0 Å². The maximum Gasteiger partial charge on any atom is 0.319 e. The fourth-order valence-corrected chi connectivity index (χ4v) is 5.52. The number of piperazine rings is 1. The molecule has 6 rings (SSSR count). The number of phenolic OH excluding ortho intramolecular Hbond substituents is 1. The summed E-state index contributed by atoms with van der Waals surface area (Å²) in [5.41, 5.74) is 0.234. The first-order valence-corrected chi connectivity index (χ1v) is 12.8. The molecule has 2 atom stereocenters. The van der Waals surface area contributed by atoms with E-state index in [1.807, 2.05) is 30.3 Å². The normalized spacial score (nSPS) is 19.6. The first kappa shape index (κ1) is 23.9. The van der Waals surface area contributed by atoms with Gasteiger partial charge in [-0.05, 0) is 61.2 Å². The fourth-order valence-electron chi connectivity index (χ4n) is 5.52. The van der Waals surface area contributed by atoms with Crippen LogP contribution < -0.4 is 15.0 Å². The van der Waals surface area contributed by atoms with E-state index < -0.39 is 11.4 Å². The van der Waals surface area contributed by atoms with Gasteiger partial charge >= 0.3 is 6.01 Å². The van der Waals surface area contributed by atoms with Crippen LogP contribution in [0.3, 0.4) is 0 Å². The molecule has 2 saturated heterocycles. The average molecular weight is 503 g/mol. The summed E-state index contributed by atoms with van der Waals surface area (Å²) in [5, 5.41) is 26.4. The molecule has 7 nitrogen and oxygen atoms in total. The van der Waals surface area contributed by atoms with Crippen molar-refractivity contribution in [1.29, 1.82) is 0 Å². The summed E-state index contributed by atoms with van der Waals surface area (Å²) < 4.78 is 22.2. The van der Waals surface area contributed by atoms with E-state index in [1.165, 1.54) is 0 Å². The number of hydrogen-bond donors (Lipinski definition) is 3. The molecule has 0 aliphatic carbocycles. The molecule has 2 bridgehead atoms. The van der Waals surface area contributed by atoms with E-state index in [4.69, 9.17) is 9.72 Å². The largest absolute Gasteiger partial charge is 0.508 e. The minimum absolute atomic E-state index is 0.0727. The van der Waals surface area contributed by atoms with Gasteiger partial charge in [-0.1, -0.05) is 30.3 Å². The monoisotopic (exact) mass is 502 g/mol. The van der Waals surface area contributed by atoms with Gasteiger partial charge < -0.3 is 25.2 Å². The summed E-state index contributed by atoms with van der Waals surface area (Å²) in [5.74, 6) is 0.249. The predicted molar refractivity (Wildman–Crippen MR) is 143 cm³/mol. The van der Waals surface area contributed by atoms with Crippen molar-refractivity contribution in [3.05, 3.63) is 54.3 Å².